The van der Waals surface area contributed by atoms with Crippen LogP contribution < -0.4 is 5.73 Å². The molecule has 0 aromatic carbocycles. The Morgan fingerprint density at radius 3 is 2.82 bits per heavy atom. The Kier molecular flexibility index (Phi) is 5.78. The average Bonchev–Trinajstić information content (AvgIpc) is 2.00. The highest BCUT2D eigenvalue weighted by Crippen LogP contribution is 1.91. The van der Waals surface area contributed by atoms with E-state index in [0.717, 1.165) is 6.42 Å². The van der Waals surface area contributed by atoms with E-state index in [9.17, 15) is 4.79 Å². The average molecular weight is 161 g/mol. The van der Waals surface area contributed by atoms with Crippen LogP contribution in [0, 0.1) is 0 Å². The van der Waals surface area contributed by atoms with Crippen molar-refractivity contribution in [2.24, 2.45) is 5.73 Å². The first-order chi connectivity index (χ1) is 5.22. The topological polar surface area (TPSA) is 72.5 Å². The maximum atomic E-state index is 10.8. The van der Waals surface area contributed by atoms with Gasteiger partial charge in [0.2, 0.25) is 0 Å². The summed E-state index contributed by atoms with van der Waals surface area (Å²) in [4.78, 5) is 10.8. The van der Waals surface area contributed by atoms with E-state index in [1.165, 1.54) is 0 Å². The Labute approximate surface area is 66.3 Å². The lowest BCUT2D eigenvalue weighted by molar-refractivity contribution is -0.145. The number of rotatable bonds is 5. The Morgan fingerprint density at radius 1 is 1.73 bits per heavy atom. The van der Waals surface area contributed by atoms with Crippen molar-refractivity contribution < 1.29 is 14.6 Å². The van der Waals surface area contributed by atoms with Crippen molar-refractivity contribution in [1.82, 2.24) is 0 Å². The minimum absolute atomic E-state index is 0.0810. The van der Waals surface area contributed by atoms with E-state index >= 15 is 0 Å². The summed E-state index contributed by atoms with van der Waals surface area (Å²) >= 11 is 0. The second-order valence-electron chi connectivity index (χ2n) is 2.29. The van der Waals surface area contributed by atoms with Gasteiger partial charge in [0.1, 0.15) is 6.04 Å². The first-order valence-corrected chi connectivity index (χ1v) is 3.75. The monoisotopic (exact) mass is 161 g/mol. The number of carbonyl (C=O) groups is 1. The van der Waals surface area contributed by atoms with Crippen molar-refractivity contribution in [2.45, 2.75) is 25.8 Å². The summed E-state index contributed by atoms with van der Waals surface area (Å²) in [6.45, 7) is 2.23. The highest BCUT2D eigenvalue weighted by molar-refractivity contribution is 5.75. The zero-order valence-electron chi connectivity index (χ0n) is 6.75. The Morgan fingerprint density at radius 2 is 2.36 bits per heavy atom. The van der Waals surface area contributed by atoms with E-state index < -0.39 is 12.0 Å². The number of aliphatic hydroxyl groups is 1. The molecule has 0 bridgehead atoms. The summed E-state index contributed by atoms with van der Waals surface area (Å²) in [6, 6.07) is -0.674. The van der Waals surface area contributed by atoms with Crippen LogP contribution in [0.25, 0.3) is 0 Å². The quantitative estimate of drug-likeness (QED) is 0.540. The molecule has 4 nitrogen and oxygen atoms in total. The summed E-state index contributed by atoms with van der Waals surface area (Å²) in [5.74, 6) is -0.430. The summed E-state index contributed by atoms with van der Waals surface area (Å²) in [6.07, 6.45) is 1.06. The van der Waals surface area contributed by atoms with Crippen LogP contribution in [0.5, 0.6) is 0 Å². The third-order valence-corrected chi connectivity index (χ3v) is 1.19. The molecule has 0 rings (SSSR count). The van der Waals surface area contributed by atoms with Gasteiger partial charge in [0.05, 0.1) is 6.61 Å². The van der Waals surface area contributed by atoms with Gasteiger partial charge in [-0.15, -0.1) is 0 Å². The van der Waals surface area contributed by atoms with Gasteiger partial charge >= 0.3 is 5.97 Å². The predicted molar refractivity (Wildman–Crippen MR) is 40.9 cm³/mol. The second-order valence-corrected chi connectivity index (χ2v) is 2.29. The lowest BCUT2D eigenvalue weighted by Gasteiger charge is -2.08. The van der Waals surface area contributed by atoms with Gasteiger partial charge in [-0.1, -0.05) is 6.92 Å². The molecule has 0 aliphatic carbocycles. The maximum absolute atomic E-state index is 10.8. The predicted octanol–water partition coefficient (Wildman–Crippen LogP) is -0.351. The van der Waals surface area contributed by atoms with Gasteiger partial charge < -0.3 is 15.6 Å². The van der Waals surface area contributed by atoms with Crippen LogP contribution in [0.4, 0.5) is 0 Å². The highest BCUT2D eigenvalue weighted by Gasteiger charge is 2.12. The third kappa shape index (κ3) is 4.75. The van der Waals surface area contributed by atoms with Gasteiger partial charge in [0, 0.05) is 6.61 Å². The molecule has 11 heavy (non-hydrogen) atoms. The minimum atomic E-state index is -0.674. The van der Waals surface area contributed by atoms with Crippen LogP contribution in [0.1, 0.15) is 19.8 Å². The summed E-state index contributed by atoms with van der Waals surface area (Å²) in [7, 11) is 0. The van der Waals surface area contributed by atoms with Crippen LogP contribution in [0.3, 0.4) is 0 Å². The van der Waals surface area contributed by atoms with Crippen molar-refractivity contribution in [1.29, 1.82) is 0 Å². The molecule has 1 atom stereocenters. The van der Waals surface area contributed by atoms with E-state index in [-0.39, 0.29) is 13.0 Å². The van der Waals surface area contributed by atoms with Gasteiger partial charge in [0.25, 0.3) is 0 Å². The van der Waals surface area contributed by atoms with Crippen molar-refractivity contribution in [3.63, 3.8) is 0 Å². The molecule has 0 aromatic rings. The molecule has 0 spiro atoms. The molecule has 66 valence electrons. The fourth-order valence-corrected chi connectivity index (χ4v) is 0.567. The van der Waals surface area contributed by atoms with Gasteiger partial charge in [0.15, 0.2) is 0 Å². The summed E-state index contributed by atoms with van der Waals surface area (Å²) in [5, 5.41) is 8.42. The number of aliphatic hydroxyl groups excluding tert-OH is 1. The molecule has 0 aliphatic heterocycles. The van der Waals surface area contributed by atoms with Gasteiger partial charge in [-0.05, 0) is 12.8 Å². The van der Waals surface area contributed by atoms with Crippen molar-refractivity contribution in [2.75, 3.05) is 13.2 Å². The molecule has 1 unspecified atom stereocenters. The lowest BCUT2D eigenvalue weighted by Crippen LogP contribution is -2.33. The molecule has 0 heterocycles. The molecular formula is C7H15NO3. The van der Waals surface area contributed by atoms with E-state index in [1.807, 2.05) is 6.92 Å². The summed E-state index contributed by atoms with van der Waals surface area (Å²) < 4.78 is 4.73. The molecule has 0 amide bonds. The van der Waals surface area contributed by atoms with Crippen molar-refractivity contribution in [3.05, 3.63) is 0 Å². The number of hydrogen-bond donors (Lipinski definition) is 2. The molecule has 4 heteroatoms. The zero-order valence-corrected chi connectivity index (χ0v) is 6.75. The van der Waals surface area contributed by atoms with Crippen LogP contribution in [-0.2, 0) is 9.53 Å². The molecule has 0 saturated carbocycles. The van der Waals surface area contributed by atoms with E-state index in [1.54, 1.807) is 0 Å². The highest BCUT2D eigenvalue weighted by atomic mass is 16.5. The molecule has 0 radical (unpaired) electrons. The normalized spacial score (nSPS) is 12.6. The minimum Gasteiger partial charge on any atom is -0.465 e. The van der Waals surface area contributed by atoms with Crippen LogP contribution in [0.2, 0.25) is 0 Å². The van der Waals surface area contributed by atoms with Gasteiger partial charge in [-0.3, -0.25) is 4.79 Å². The van der Waals surface area contributed by atoms with Gasteiger partial charge in [-0.2, -0.15) is 0 Å². The molecule has 0 aromatic heterocycles. The first-order valence-electron chi connectivity index (χ1n) is 3.75. The molecule has 0 fully saturated rings. The van der Waals surface area contributed by atoms with Crippen LogP contribution >= 0.6 is 0 Å². The molecule has 0 saturated heterocycles. The second kappa shape index (κ2) is 6.12. The van der Waals surface area contributed by atoms with Crippen molar-refractivity contribution in [3.8, 4) is 0 Å². The maximum Gasteiger partial charge on any atom is 0.322 e. The van der Waals surface area contributed by atoms with E-state index in [2.05, 4.69) is 0 Å². The van der Waals surface area contributed by atoms with Crippen LogP contribution in [-0.4, -0.2) is 30.3 Å². The standard InChI is InChI=1S/C7H15NO3/c1-2-5-11-7(10)6(8)3-4-9/h6,9H,2-5,8H2,1H3. The Bertz CT molecular complexity index is 116. The van der Waals surface area contributed by atoms with E-state index in [4.69, 9.17) is 15.6 Å². The fraction of sp³-hybridized carbons (Fsp3) is 0.857. The largest absolute Gasteiger partial charge is 0.465 e. The Hall–Kier alpha value is -0.610. The van der Waals surface area contributed by atoms with E-state index in [0.29, 0.717) is 6.61 Å². The molecule has 0 aliphatic rings. The van der Waals surface area contributed by atoms with Crippen LogP contribution in [0.15, 0.2) is 0 Å². The lowest BCUT2D eigenvalue weighted by atomic mass is 10.2. The number of ether oxygens (including phenoxy) is 1. The molecule has 3 N–H and O–H groups in total. The smallest absolute Gasteiger partial charge is 0.322 e. The fourth-order valence-electron chi connectivity index (χ4n) is 0.567. The summed E-state index contributed by atoms with van der Waals surface area (Å²) in [5.41, 5.74) is 5.33. The SMILES string of the molecule is CCCOC(=O)C(N)CCO. The number of carbonyl (C=O) groups excluding carboxylic acids is 1. The Balaban J connectivity index is 3.47. The molecular weight excluding hydrogens is 146 g/mol. The first kappa shape index (κ1) is 10.4. The number of hydrogen-bond acceptors (Lipinski definition) is 4. The third-order valence-electron chi connectivity index (χ3n) is 1.19. The number of esters is 1. The zero-order chi connectivity index (χ0) is 8.69. The van der Waals surface area contributed by atoms with Crippen molar-refractivity contribution >= 4 is 5.97 Å². The number of nitrogens with two attached hydrogens (primary N) is 1. The van der Waals surface area contributed by atoms with Gasteiger partial charge in [-0.25, -0.2) is 0 Å².